The summed E-state index contributed by atoms with van der Waals surface area (Å²) >= 11 is 0. The number of rotatable bonds is 3. The van der Waals surface area contributed by atoms with Gasteiger partial charge in [-0.05, 0) is 24.7 Å². The summed E-state index contributed by atoms with van der Waals surface area (Å²) in [6.45, 7) is 5.22. The van der Waals surface area contributed by atoms with Crippen LogP contribution in [0.2, 0.25) is 0 Å². The number of hydrogen-bond donors (Lipinski definition) is 1. The van der Waals surface area contributed by atoms with Crippen LogP contribution in [0.1, 0.15) is 6.92 Å². The molecule has 0 bridgehead atoms. The number of sulfonamides is 1. The molecule has 1 saturated heterocycles. The summed E-state index contributed by atoms with van der Waals surface area (Å²) in [5, 5.41) is 0. The first-order chi connectivity index (χ1) is 8.95. The molecule has 106 valence electrons. The summed E-state index contributed by atoms with van der Waals surface area (Å²) < 4.78 is 39.5. The molecule has 0 unspecified atom stereocenters. The van der Waals surface area contributed by atoms with Gasteiger partial charge in [-0.2, -0.15) is 4.31 Å². The summed E-state index contributed by atoms with van der Waals surface area (Å²) in [5.74, 6) is -0.701. The molecule has 19 heavy (non-hydrogen) atoms. The van der Waals surface area contributed by atoms with Crippen molar-refractivity contribution < 1.29 is 12.8 Å². The van der Waals surface area contributed by atoms with Crippen molar-refractivity contribution in [3.05, 3.63) is 24.0 Å². The van der Waals surface area contributed by atoms with E-state index in [4.69, 9.17) is 5.73 Å². The number of nitrogens with two attached hydrogens (primary N) is 1. The molecule has 1 fully saturated rings. The van der Waals surface area contributed by atoms with Crippen molar-refractivity contribution in [1.29, 1.82) is 0 Å². The Kier molecular flexibility index (Phi) is 4.07. The van der Waals surface area contributed by atoms with Gasteiger partial charge in [0.1, 0.15) is 5.82 Å². The molecule has 0 aromatic heterocycles. The zero-order chi connectivity index (χ0) is 14.0. The largest absolute Gasteiger partial charge is 0.396 e. The molecular weight excluding hydrogens is 269 g/mol. The van der Waals surface area contributed by atoms with Crippen LogP contribution >= 0.6 is 0 Å². The average Bonchev–Trinajstić information content (AvgIpc) is 2.41. The third kappa shape index (κ3) is 2.88. The molecule has 2 rings (SSSR count). The number of hydrogen-bond acceptors (Lipinski definition) is 4. The van der Waals surface area contributed by atoms with E-state index in [2.05, 4.69) is 4.90 Å². The van der Waals surface area contributed by atoms with E-state index in [9.17, 15) is 12.8 Å². The fraction of sp³-hybridized carbons (Fsp3) is 0.500. The quantitative estimate of drug-likeness (QED) is 0.833. The number of anilines is 1. The Labute approximate surface area is 112 Å². The Balaban J connectivity index is 2.21. The van der Waals surface area contributed by atoms with E-state index in [-0.39, 0.29) is 10.6 Å². The Hall–Kier alpha value is -1.18. The molecule has 0 saturated carbocycles. The lowest BCUT2D eigenvalue weighted by Crippen LogP contribution is -2.48. The maximum absolute atomic E-state index is 13.4. The number of nitrogen functional groups attached to an aromatic ring is 1. The van der Waals surface area contributed by atoms with Crippen LogP contribution in [0.3, 0.4) is 0 Å². The van der Waals surface area contributed by atoms with Gasteiger partial charge in [-0.15, -0.1) is 0 Å². The van der Waals surface area contributed by atoms with E-state index >= 15 is 0 Å². The molecule has 1 aliphatic heterocycles. The molecule has 2 N–H and O–H groups in total. The summed E-state index contributed by atoms with van der Waals surface area (Å²) in [5.41, 5.74) is 5.31. The molecule has 0 radical (unpaired) electrons. The smallest absolute Gasteiger partial charge is 0.243 e. The Morgan fingerprint density at radius 2 is 1.89 bits per heavy atom. The molecule has 1 aromatic rings. The fourth-order valence-corrected chi connectivity index (χ4v) is 3.54. The second-order valence-corrected chi connectivity index (χ2v) is 6.46. The fourth-order valence-electron chi connectivity index (χ4n) is 2.10. The van der Waals surface area contributed by atoms with Crippen LogP contribution in [0.25, 0.3) is 0 Å². The Morgan fingerprint density at radius 1 is 1.26 bits per heavy atom. The van der Waals surface area contributed by atoms with E-state index in [1.807, 2.05) is 6.92 Å². The van der Waals surface area contributed by atoms with Gasteiger partial charge >= 0.3 is 0 Å². The van der Waals surface area contributed by atoms with Gasteiger partial charge in [0, 0.05) is 26.2 Å². The number of nitrogens with zero attached hydrogens (tertiary/aromatic N) is 2. The Morgan fingerprint density at radius 3 is 2.42 bits per heavy atom. The van der Waals surface area contributed by atoms with Crippen LogP contribution in [0, 0.1) is 5.82 Å². The monoisotopic (exact) mass is 287 g/mol. The minimum Gasteiger partial charge on any atom is -0.396 e. The first-order valence-electron chi connectivity index (χ1n) is 6.22. The van der Waals surface area contributed by atoms with E-state index in [0.29, 0.717) is 26.2 Å². The molecule has 1 heterocycles. The average molecular weight is 287 g/mol. The van der Waals surface area contributed by atoms with Crippen LogP contribution in [-0.4, -0.2) is 50.3 Å². The highest BCUT2D eigenvalue weighted by molar-refractivity contribution is 7.89. The van der Waals surface area contributed by atoms with Gasteiger partial charge in [0.25, 0.3) is 0 Å². The lowest BCUT2D eigenvalue weighted by molar-refractivity contribution is 0.196. The minimum atomic E-state index is -3.62. The SMILES string of the molecule is CCN1CCN(S(=O)(=O)c2ccc(N)c(F)c2)CC1. The second kappa shape index (κ2) is 5.44. The summed E-state index contributed by atoms with van der Waals surface area (Å²) in [7, 11) is -3.62. The van der Waals surface area contributed by atoms with Crippen molar-refractivity contribution in [2.45, 2.75) is 11.8 Å². The summed E-state index contributed by atoms with van der Waals surface area (Å²) in [6.07, 6.45) is 0. The number of piperazine rings is 1. The second-order valence-electron chi connectivity index (χ2n) is 4.52. The molecule has 0 atom stereocenters. The van der Waals surface area contributed by atoms with Crippen molar-refractivity contribution in [2.24, 2.45) is 0 Å². The lowest BCUT2D eigenvalue weighted by Gasteiger charge is -2.33. The molecule has 1 aromatic carbocycles. The highest BCUT2D eigenvalue weighted by atomic mass is 32.2. The van der Waals surface area contributed by atoms with E-state index in [1.165, 1.54) is 16.4 Å². The summed E-state index contributed by atoms with van der Waals surface area (Å²) in [6, 6.07) is 3.61. The third-order valence-electron chi connectivity index (χ3n) is 3.39. The van der Waals surface area contributed by atoms with Crippen LogP contribution in [0.5, 0.6) is 0 Å². The Bertz CT molecular complexity index is 554. The van der Waals surface area contributed by atoms with Crippen molar-refractivity contribution in [2.75, 3.05) is 38.5 Å². The van der Waals surface area contributed by atoms with Gasteiger partial charge in [0.05, 0.1) is 10.6 Å². The lowest BCUT2D eigenvalue weighted by atomic mass is 10.3. The first kappa shape index (κ1) is 14.2. The van der Waals surface area contributed by atoms with Gasteiger partial charge in [0.15, 0.2) is 0 Å². The van der Waals surface area contributed by atoms with Crippen LogP contribution < -0.4 is 5.73 Å². The van der Waals surface area contributed by atoms with Crippen molar-refractivity contribution >= 4 is 15.7 Å². The maximum atomic E-state index is 13.4. The van der Waals surface area contributed by atoms with Crippen LogP contribution in [-0.2, 0) is 10.0 Å². The topological polar surface area (TPSA) is 66.6 Å². The maximum Gasteiger partial charge on any atom is 0.243 e. The van der Waals surface area contributed by atoms with Crippen LogP contribution in [0.4, 0.5) is 10.1 Å². The normalized spacial score (nSPS) is 18.6. The van der Waals surface area contributed by atoms with Crippen LogP contribution in [0.15, 0.2) is 23.1 Å². The van der Waals surface area contributed by atoms with Gasteiger partial charge in [-0.1, -0.05) is 6.92 Å². The third-order valence-corrected chi connectivity index (χ3v) is 5.28. The van der Waals surface area contributed by atoms with Gasteiger partial charge in [-0.25, -0.2) is 12.8 Å². The van der Waals surface area contributed by atoms with Gasteiger partial charge in [0.2, 0.25) is 10.0 Å². The number of halogens is 1. The number of benzene rings is 1. The molecular formula is C12H18FN3O2S. The molecule has 0 spiro atoms. The van der Waals surface area contributed by atoms with Gasteiger partial charge in [-0.3, -0.25) is 0 Å². The minimum absolute atomic E-state index is 0.0378. The zero-order valence-corrected chi connectivity index (χ0v) is 11.7. The highest BCUT2D eigenvalue weighted by Crippen LogP contribution is 2.21. The molecule has 1 aliphatic rings. The molecule has 7 heteroatoms. The van der Waals surface area contributed by atoms with E-state index in [0.717, 1.165) is 12.6 Å². The molecule has 5 nitrogen and oxygen atoms in total. The van der Waals surface area contributed by atoms with E-state index < -0.39 is 15.8 Å². The predicted octanol–water partition coefficient (Wildman–Crippen LogP) is 0.734. The standard InChI is InChI=1S/C12H18FN3O2S/c1-2-15-5-7-16(8-6-15)19(17,18)10-3-4-12(14)11(13)9-10/h3-4,9H,2,5-8,14H2,1H3. The van der Waals surface area contributed by atoms with Crippen molar-refractivity contribution in [3.63, 3.8) is 0 Å². The van der Waals surface area contributed by atoms with Gasteiger partial charge < -0.3 is 10.6 Å². The number of likely N-dealkylation sites (N-methyl/N-ethyl adjacent to an activating group) is 1. The first-order valence-corrected chi connectivity index (χ1v) is 7.66. The summed E-state index contributed by atoms with van der Waals surface area (Å²) in [4.78, 5) is 2.14. The van der Waals surface area contributed by atoms with Crippen molar-refractivity contribution in [3.8, 4) is 0 Å². The predicted molar refractivity (Wildman–Crippen MR) is 71.7 cm³/mol. The highest BCUT2D eigenvalue weighted by Gasteiger charge is 2.28. The van der Waals surface area contributed by atoms with Crippen molar-refractivity contribution in [1.82, 2.24) is 9.21 Å². The molecule has 0 aliphatic carbocycles. The zero-order valence-electron chi connectivity index (χ0n) is 10.8. The molecule has 0 amide bonds. The van der Waals surface area contributed by atoms with E-state index in [1.54, 1.807) is 0 Å².